The van der Waals surface area contributed by atoms with Crippen molar-refractivity contribution in [2.24, 2.45) is 0 Å². The van der Waals surface area contributed by atoms with Crippen LogP contribution < -0.4 is 0 Å². The lowest BCUT2D eigenvalue weighted by Crippen LogP contribution is -2.47. The maximum atomic E-state index is 10.7. The molecule has 1 atom stereocenters. The summed E-state index contributed by atoms with van der Waals surface area (Å²) in [4.78, 5) is 12.4. The van der Waals surface area contributed by atoms with Crippen LogP contribution in [-0.4, -0.2) is 51.4 Å². The fraction of sp³-hybridized carbons (Fsp3) is 0.727. The summed E-state index contributed by atoms with van der Waals surface area (Å²) in [6, 6.07) is 0.460. The van der Waals surface area contributed by atoms with Gasteiger partial charge in [0.2, 0.25) is 0 Å². The minimum absolute atomic E-state index is 0.0216. The van der Waals surface area contributed by atoms with Crippen molar-refractivity contribution in [2.75, 3.05) is 19.7 Å². The first-order valence-corrected chi connectivity index (χ1v) is 6.58. The van der Waals surface area contributed by atoms with Crippen LogP contribution in [-0.2, 0) is 11.3 Å². The molecule has 2 heterocycles. The second-order valence-corrected chi connectivity index (χ2v) is 5.27. The number of rotatable bonds is 4. The normalized spacial score (nSPS) is 20.9. The maximum absolute atomic E-state index is 10.7. The third-order valence-electron chi connectivity index (χ3n) is 3.16. The average molecular weight is 289 g/mol. The minimum atomic E-state index is -0.582. The summed E-state index contributed by atoms with van der Waals surface area (Å²) in [6.07, 6.45) is 1.45. The molecule has 1 fully saturated rings. The quantitative estimate of drug-likeness (QED) is 0.621. The van der Waals surface area contributed by atoms with Gasteiger partial charge in [-0.1, -0.05) is 11.6 Å². The smallest absolute Gasteiger partial charge is 0.374 e. The van der Waals surface area contributed by atoms with Gasteiger partial charge in [-0.2, -0.15) is 4.68 Å². The Balaban J connectivity index is 2.01. The largest absolute Gasteiger partial charge is 0.408 e. The van der Waals surface area contributed by atoms with Gasteiger partial charge >= 0.3 is 5.82 Å². The van der Waals surface area contributed by atoms with Crippen LogP contribution in [0.4, 0.5) is 5.82 Å². The molecule has 1 saturated heterocycles. The Kier molecular flexibility index (Phi) is 4.38. The van der Waals surface area contributed by atoms with E-state index in [4.69, 9.17) is 16.3 Å². The highest BCUT2D eigenvalue weighted by Gasteiger charge is 2.26. The SMILES string of the molecule is CC(C)N1CCOC(Cn2cc(Cl)c([N+](=O)[O-])n2)C1. The Morgan fingerprint density at radius 3 is 3.00 bits per heavy atom. The molecule has 1 unspecified atom stereocenters. The molecule has 0 amide bonds. The first-order valence-electron chi connectivity index (χ1n) is 6.20. The average Bonchev–Trinajstić information content (AvgIpc) is 2.70. The van der Waals surface area contributed by atoms with E-state index < -0.39 is 4.92 Å². The van der Waals surface area contributed by atoms with Gasteiger partial charge < -0.3 is 14.9 Å². The van der Waals surface area contributed by atoms with Crippen molar-refractivity contribution in [3.05, 3.63) is 21.3 Å². The van der Waals surface area contributed by atoms with Crippen LogP contribution in [0.25, 0.3) is 0 Å². The Morgan fingerprint density at radius 1 is 1.68 bits per heavy atom. The van der Waals surface area contributed by atoms with Gasteiger partial charge in [-0.05, 0) is 18.8 Å². The molecule has 1 aromatic rings. The number of aromatic nitrogens is 2. The zero-order valence-electron chi connectivity index (χ0n) is 11.0. The lowest BCUT2D eigenvalue weighted by Gasteiger charge is -2.35. The van der Waals surface area contributed by atoms with Gasteiger partial charge in [0.25, 0.3) is 0 Å². The van der Waals surface area contributed by atoms with Gasteiger partial charge in [-0.25, -0.2) is 0 Å². The van der Waals surface area contributed by atoms with E-state index in [-0.39, 0.29) is 16.9 Å². The van der Waals surface area contributed by atoms with E-state index in [1.807, 2.05) is 0 Å². The van der Waals surface area contributed by atoms with Crippen molar-refractivity contribution in [3.63, 3.8) is 0 Å². The van der Waals surface area contributed by atoms with Crippen LogP contribution >= 0.6 is 11.6 Å². The number of halogens is 1. The van der Waals surface area contributed by atoms with Crippen molar-refractivity contribution >= 4 is 17.4 Å². The van der Waals surface area contributed by atoms with Crippen molar-refractivity contribution < 1.29 is 9.66 Å². The fourth-order valence-electron chi connectivity index (χ4n) is 2.13. The summed E-state index contributed by atoms with van der Waals surface area (Å²) in [6.45, 7) is 7.11. The van der Waals surface area contributed by atoms with E-state index in [9.17, 15) is 10.1 Å². The summed E-state index contributed by atoms with van der Waals surface area (Å²) in [5, 5.41) is 14.6. The highest BCUT2D eigenvalue weighted by Crippen LogP contribution is 2.22. The first kappa shape index (κ1) is 14.2. The van der Waals surface area contributed by atoms with Gasteiger partial charge in [-0.15, -0.1) is 0 Å². The summed E-state index contributed by atoms with van der Waals surface area (Å²) in [5.74, 6) is -0.307. The Labute approximate surface area is 116 Å². The lowest BCUT2D eigenvalue weighted by atomic mass is 10.2. The topological polar surface area (TPSA) is 73.4 Å². The molecule has 19 heavy (non-hydrogen) atoms. The summed E-state index contributed by atoms with van der Waals surface area (Å²) in [5.41, 5.74) is 0. The molecule has 0 bridgehead atoms. The molecule has 0 radical (unpaired) electrons. The number of nitro groups is 1. The van der Waals surface area contributed by atoms with Crippen LogP contribution in [0.5, 0.6) is 0 Å². The summed E-state index contributed by atoms with van der Waals surface area (Å²) in [7, 11) is 0. The van der Waals surface area contributed by atoms with Gasteiger partial charge in [0.05, 0.1) is 30.6 Å². The second kappa shape index (κ2) is 5.85. The second-order valence-electron chi connectivity index (χ2n) is 4.86. The van der Waals surface area contributed by atoms with Gasteiger partial charge in [0, 0.05) is 19.1 Å². The van der Waals surface area contributed by atoms with E-state index in [1.54, 1.807) is 0 Å². The Bertz CT molecular complexity index is 463. The van der Waals surface area contributed by atoms with Crippen LogP contribution in [0.3, 0.4) is 0 Å². The lowest BCUT2D eigenvalue weighted by molar-refractivity contribution is -0.389. The molecule has 2 rings (SSSR count). The number of hydrogen-bond acceptors (Lipinski definition) is 5. The molecule has 0 N–H and O–H groups in total. The zero-order valence-corrected chi connectivity index (χ0v) is 11.7. The zero-order chi connectivity index (χ0) is 14.0. The maximum Gasteiger partial charge on any atom is 0.408 e. The number of ether oxygens (including phenoxy) is 1. The van der Waals surface area contributed by atoms with Gasteiger partial charge in [0.15, 0.2) is 5.02 Å². The molecule has 0 saturated carbocycles. The number of nitrogens with zero attached hydrogens (tertiary/aromatic N) is 4. The third-order valence-corrected chi connectivity index (χ3v) is 3.43. The van der Waals surface area contributed by atoms with Gasteiger partial charge in [0.1, 0.15) is 0 Å². The molecular weight excluding hydrogens is 272 g/mol. The number of morpholine rings is 1. The predicted octanol–water partition coefficient (Wildman–Crippen LogP) is 1.55. The van der Waals surface area contributed by atoms with Crippen LogP contribution in [0.1, 0.15) is 13.8 Å². The Hall–Kier alpha value is -1.18. The Morgan fingerprint density at radius 2 is 2.42 bits per heavy atom. The minimum Gasteiger partial charge on any atom is -0.374 e. The monoisotopic (exact) mass is 288 g/mol. The van der Waals surface area contributed by atoms with Crippen molar-refractivity contribution in [2.45, 2.75) is 32.5 Å². The standard InChI is InChI=1S/C11H17ClN4O3/c1-8(2)14-3-4-19-9(5-14)6-15-7-10(12)11(13-15)16(17)18/h7-9H,3-6H2,1-2H3. The van der Waals surface area contributed by atoms with E-state index in [1.165, 1.54) is 10.9 Å². The van der Waals surface area contributed by atoms with Crippen molar-refractivity contribution in [1.29, 1.82) is 0 Å². The summed E-state index contributed by atoms with van der Waals surface area (Å²) < 4.78 is 7.14. The van der Waals surface area contributed by atoms with E-state index >= 15 is 0 Å². The van der Waals surface area contributed by atoms with Crippen LogP contribution in [0, 0.1) is 10.1 Å². The molecule has 0 spiro atoms. The highest BCUT2D eigenvalue weighted by molar-refractivity contribution is 6.32. The molecule has 1 aromatic heterocycles. The fourth-order valence-corrected chi connectivity index (χ4v) is 2.35. The first-order chi connectivity index (χ1) is 8.97. The molecule has 8 heteroatoms. The number of hydrogen-bond donors (Lipinski definition) is 0. The van der Waals surface area contributed by atoms with Crippen molar-refractivity contribution in [3.8, 4) is 0 Å². The molecule has 1 aliphatic rings. The molecule has 0 aromatic carbocycles. The highest BCUT2D eigenvalue weighted by atomic mass is 35.5. The molecular formula is C11H17ClN4O3. The van der Waals surface area contributed by atoms with Crippen LogP contribution in [0.15, 0.2) is 6.20 Å². The predicted molar refractivity (Wildman–Crippen MR) is 70.3 cm³/mol. The summed E-state index contributed by atoms with van der Waals surface area (Å²) >= 11 is 5.76. The third kappa shape index (κ3) is 3.43. The molecule has 1 aliphatic heterocycles. The molecule has 7 nitrogen and oxygen atoms in total. The van der Waals surface area contributed by atoms with E-state index in [0.717, 1.165) is 13.1 Å². The molecule has 0 aliphatic carbocycles. The van der Waals surface area contributed by atoms with Gasteiger partial charge in [-0.3, -0.25) is 4.90 Å². The van der Waals surface area contributed by atoms with Crippen molar-refractivity contribution in [1.82, 2.24) is 14.7 Å². The van der Waals surface area contributed by atoms with Crippen LogP contribution in [0.2, 0.25) is 5.02 Å². The van der Waals surface area contributed by atoms with E-state index in [2.05, 4.69) is 23.8 Å². The molecule has 106 valence electrons. The van der Waals surface area contributed by atoms with E-state index in [0.29, 0.717) is 19.2 Å².